The Balaban J connectivity index is 2.84. The molecule has 0 bridgehead atoms. The highest BCUT2D eigenvalue weighted by Crippen LogP contribution is 2.30. The first-order valence-electron chi connectivity index (χ1n) is 7.90. The Hall–Kier alpha value is -0.860. The molecule has 1 aromatic rings. The number of hydrogen-bond donors (Lipinski definition) is 1. The van der Waals surface area contributed by atoms with Crippen LogP contribution >= 0.6 is 0 Å². The summed E-state index contributed by atoms with van der Waals surface area (Å²) in [5.74, 6) is 1.34. The zero-order chi connectivity index (χ0) is 15.0. The summed E-state index contributed by atoms with van der Waals surface area (Å²) in [6.07, 6.45) is 2.47. The zero-order valence-electron chi connectivity index (χ0n) is 13.8. The van der Waals surface area contributed by atoms with Crippen molar-refractivity contribution in [2.75, 3.05) is 26.8 Å². The molecule has 0 spiro atoms. The highest BCUT2D eigenvalue weighted by atomic mass is 16.5. The Bertz CT molecular complexity index is 365. The van der Waals surface area contributed by atoms with Gasteiger partial charge in [0.1, 0.15) is 0 Å². The average Bonchev–Trinajstić information content (AvgIpc) is 2.41. The van der Waals surface area contributed by atoms with Crippen LogP contribution < -0.4 is 5.32 Å². The van der Waals surface area contributed by atoms with Gasteiger partial charge in [0.2, 0.25) is 0 Å². The van der Waals surface area contributed by atoms with Gasteiger partial charge >= 0.3 is 0 Å². The molecular weight excluding hydrogens is 246 g/mol. The molecule has 0 saturated heterocycles. The normalized spacial score (nSPS) is 12.9. The number of aryl methyl sites for hydroxylation is 2. The second-order valence-electron chi connectivity index (χ2n) is 5.80. The standard InChI is InChI=1S/C18H31NO/c1-6-16(7-2)18(13-19-8-9-20-5)17-11-14(3)10-15(4)12-17/h10-12,16,18-19H,6-9,13H2,1-5H3. The van der Waals surface area contributed by atoms with Crippen molar-refractivity contribution in [2.24, 2.45) is 5.92 Å². The van der Waals surface area contributed by atoms with Crippen molar-refractivity contribution in [3.05, 3.63) is 34.9 Å². The van der Waals surface area contributed by atoms with Gasteiger partial charge in [-0.1, -0.05) is 56.0 Å². The molecule has 1 aromatic carbocycles. The van der Waals surface area contributed by atoms with Crippen LogP contribution in [0.25, 0.3) is 0 Å². The maximum absolute atomic E-state index is 5.12. The Morgan fingerprint density at radius 2 is 1.65 bits per heavy atom. The summed E-state index contributed by atoms with van der Waals surface area (Å²) in [6, 6.07) is 6.97. The first-order valence-corrected chi connectivity index (χ1v) is 7.90. The first kappa shape index (κ1) is 17.2. The number of rotatable bonds is 9. The van der Waals surface area contributed by atoms with E-state index in [1.807, 2.05) is 0 Å². The van der Waals surface area contributed by atoms with Gasteiger partial charge in [0.05, 0.1) is 6.61 Å². The zero-order valence-corrected chi connectivity index (χ0v) is 13.8. The minimum absolute atomic E-state index is 0.598. The molecule has 1 atom stereocenters. The third kappa shape index (κ3) is 5.26. The molecule has 0 heterocycles. The number of nitrogens with one attached hydrogen (secondary N) is 1. The molecule has 0 radical (unpaired) electrons. The van der Waals surface area contributed by atoms with E-state index >= 15 is 0 Å². The van der Waals surface area contributed by atoms with Crippen LogP contribution in [0.4, 0.5) is 0 Å². The van der Waals surface area contributed by atoms with Crippen LogP contribution in [0.3, 0.4) is 0 Å². The van der Waals surface area contributed by atoms with Gasteiger partial charge in [-0.25, -0.2) is 0 Å². The minimum Gasteiger partial charge on any atom is -0.383 e. The number of benzene rings is 1. The molecule has 0 amide bonds. The second kappa shape index (κ2) is 9.15. The fraction of sp³-hybridized carbons (Fsp3) is 0.667. The Morgan fingerprint density at radius 1 is 1.05 bits per heavy atom. The molecule has 0 aliphatic rings. The molecule has 1 unspecified atom stereocenters. The highest BCUT2D eigenvalue weighted by Gasteiger charge is 2.20. The van der Waals surface area contributed by atoms with E-state index in [-0.39, 0.29) is 0 Å². The molecule has 20 heavy (non-hydrogen) atoms. The highest BCUT2D eigenvalue weighted by molar-refractivity contribution is 5.31. The summed E-state index contributed by atoms with van der Waals surface area (Å²) in [5, 5.41) is 3.55. The first-order chi connectivity index (χ1) is 9.62. The van der Waals surface area contributed by atoms with Crippen LogP contribution in [0.2, 0.25) is 0 Å². The van der Waals surface area contributed by atoms with Gasteiger partial charge in [0, 0.05) is 20.2 Å². The van der Waals surface area contributed by atoms with Crippen molar-refractivity contribution in [3.8, 4) is 0 Å². The minimum atomic E-state index is 0.598. The molecule has 2 heteroatoms. The lowest BCUT2D eigenvalue weighted by molar-refractivity contribution is 0.197. The van der Waals surface area contributed by atoms with Gasteiger partial charge in [0.15, 0.2) is 0 Å². The summed E-state index contributed by atoms with van der Waals surface area (Å²) < 4.78 is 5.12. The molecule has 114 valence electrons. The van der Waals surface area contributed by atoms with Crippen molar-refractivity contribution in [1.82, 2.24) is 5.32 Å². The molecule has 0 saturated carbocycles. The largest absolute Gasteiger partial charge is 0.383 e. The van der Waals surface area contributed by atoms with Crippen LogP contribution in [-0.2, 0) is 4.74 Å². The van der Waals surface area contributed by atoms with E-state index in [1.54, 1.807) is 7.11 Å². The SMILES string of the molecule is CCC(CC)C(CNCCOC)c1cc(C)cc(C)c1. The Morgan fingerprint density at radius 3 is 2.15 bits per heavy atom. The van der Waals surface area contributed by atoms with E-state index in [4.69, 9.17) is 4.74 Å². The lowest BCUT2D eigenvalue weighted by Gasteiger charge is -2.27. The average molecular weight is 277 g/mol. The maximum atomic E-state index is 5.12. The van der Waals surface area contributed by atoms with E-state index in [0.29, 0.717) is 5.92 Å². The van der Waals surface area contributed by atoms with Crippen LogP contribution in [0, 0.1) is 19.8 Å². The Kier molecular flexibility index (Phi) is 7.86. The van der Waals surface area contributed by atoms with E-state index in [0.717, 1.165) is 25.6 Å². The van der Waals surface area contributed by atoms with Gasteiger partial charge in [0.25, 0.3) is 0 Å². The molecule has 1 rings (SSSR count). The van der Waals surface area contributed by atoms with E-state index in [2.05, 4.69) is 51.2 Å². The number of hydrogen-bond acceptors (Lipinski definition) is 2. The molecule has 0 aliphatic heterocycles. The third-order valence-corrected chi connectivity index (χ3v) is 4.14. The van der Waals surface area contributed by atoms with Crippen molar-refractivity contribution in [3.63, 3.8) is 0 Å². The maximum Gasteiger partial charge on any atom is 0.0587 e. The molecule has 1 N–H and O–H groups in total. The Labute approximate surface area is 124 Å². The van der Waals surface area contributed by atoms with E-state index in [9.17, 15) is 0 Å². The third-order valence-electron chi connectivity index (χ3n) is 4.14. The van der Waals surface area contributed by atoms with Crippen molar-refractivity contribution in [1.29, 1.82) is 0 Å². The molecule has 2 nitrogen and oxygen atoms in total. The fourth-order valence-electron chi connectivity index (χ4n) is 3.07. The van der Waals surface area contributed by atoms with Gasteiger partial charge in [-0.3, -0.25) is 0 Å². The quantitative estimate of drug-likeness (QED) is 0.687. The molecule has 0 fully saturated rings. The van der Waals surface area contributed by atoms with Gasteiger partial charge < -0.3 is 10.1 Å². The second-order valence-corrected chi connectivity index (χ2v) is 5.80. The van der Waals surface area contributed by atoms with E-state index in [1.165, 1.54) is 29.5 Å². The molecule has 0 aromatic heterocycles. The number of methoxy groups -OCH3 is 1. The summed E-state index contributed by atoms with van der Waals surface area (Å²) in [6.45, 7) is 11.7. The topological polar surface area (TPSA) is 21.3 Å². The summed E-state index contributed by atoms with van der Waals surface area (Å²) >= 11 is 0. The summed E-state index contributed by atoms with van der Waals surface area (Å²) in [4.78, 5) is 0. The molecular formula is C18H31NO. The molecule has 0 aliphatic carbocycles. The van der Waals surface area contributed by atoms with Crippen LogP contribution in [-0.4, -0.2) is 26.8 Å². The summed E-state index contributed by atoms with van der Waals surface area (Å²) in [5.41, 5.74) is 4.22. The van der Waals surface area contributed by atoms with Gasteiger partial charge in [-0.2, -0.15) is 0 Å². The monoisotopic (exact) mass is 277 g/mol. The van der Waals surface area contributed by atoms with Crippen LogP contribution in [0.15, 0.2) is 18.2 Å². The van der Waals surface area contributed by atoms with Crippen molar-refractivity contribution < 1.29 is 4.74 Å². The van der Waals surface area contributed by atoms with Crippen molar-refractivity contribution in [2.45, 2.75) is 46.5 Å². The fourth-order valence-corrected chi connectivity index (χ4v) is 3.07. The van der Waals surface area contributed by atoms with Gasteiger partial charge in [-0.05, 0) is 31.2 Å². The van der Waals surface area contributed by atoms with Gasteiger partial charge in [-0.15, -0.1) is 0 Å². The van der Waals surface area contributed by atoms with E-state index < -0.39 is 0 Å². The summed E-state index contributed by atoms with van der Waals surface area (Å²) in [7, 11) is 1.75. The lowest BCUT2D eigenvalue weighted by atomic mass is 9.81. The van der Waals surface area contributed by atoms with Crippen LogP contribution in [0.5, 0.6) is 0 Å². The van der Waals surface area contributed by atoms with Crippen LogP contribution in [0.1, 0.15) is 49.3 Å². The lowest BCUT2D eigenvalue weighted by Crippen LogP contribution is -2.29. The predicted molar refractivity (Wildman–Crippen MR) is 87.5 cm³/mol. The smallest absolute Gasteiger partial charge is 0.0587 e. The van der Waals surface area contributed by atoms with Crippen molar-refractivity contribution >= 4 is 0 Å². The number of ether oxygens (including phenoxy) is 1. The predicted octanol–water partition coefficient (Wildman–Crippen LogP) is 4.06.